The van der Waals surface area contributed by atoms with E-state index in [4.69, 9.17) is 10.8 Å². The van der Waals surface area contributed by atoms with E-state index in [2.05, 4.69) is 0 Å². The van der Waals surface area contributed by atoms with Crippen molar-refractivity contribution in [1.29, 1.82) is 0 Å². The van der Waals surface area contributed by atoms with Gasteiger partial charge in [-0.2, -0.15) is 0 Å². The predicted molar refractivity (Wildman–Crippen MR) is 52.5 cm³/mol. The van der Waals surface area contributed by atoms with Crippen LogP contribution in [0, 0.1) is 5.82 Å². The van der Waals surface area contributed by atoms with Crippen molar-refractivity contribution in [1.82, 2.24) is 0 Å². The lowest BCUT2D eigenvalue weighted by Crippen LogP contribution is -2.22. The van der Waals surface area contributed by atoms with Gasteiger partial charge in [-0.05, 0) is 43.4 Å². The molecule has 1 aromatic carbocycles. The third kappa shape index (κ3) is 2.04. The molecule has 1 aliphatic carbocycles. The molecule has 14 heavy (non-hydrogen) atoms. The molecule has 0 aromatic heterocycles. The van der Waals surface area contributed by atoms with Crippen LogP contribution in [0.1, 0.15) is 24.8 Å². The Morgan fingerprint density at radius 2 is 2.14 bits per heavy atom. The molecule has 0 aliphatic heterocycles. The smallest absolute Gasteiger partial charge is 0.165 e. The molecule has 2 rings (SSSR count). The van der Waals surface area contributed by atoms with Gasteiger partial charge >= 0.3 is 0 Å². The van der Waals surface area contributed by atoms with Crippen LogP contribution in [-0.2, 0) is 6.42 Å². The zero-order valence-electron chi connectivity index (χ0n) is 7.96. The van der Waals surface area contributed by atoms with Gasteiger partial charge in [0.25, 0.3) is 0 Å². The molecule has 2 nitrogen and oxygen atoms in total. The van der Waals surface area contributed by atoms with Crippen LogP contribution in [-0.4, -0.2) is 10.6 Å². The summed E-state index contributed by atoms with van der Waals surface area (Å²) in [7, 11) is 0. The molecule has 0 amide bonds. The van der Waals surface area contributed by atoms with Crippen LogP contribution in [0.3, 0.4) is 0 Å². The maximum absolute atomic E-state index is 12.9. The minimum absolute atomic E-state index is 0.00830. The van der Waals surface area contributed by atoms with Crippen LogP contribution in [0.4, 0.5) is 4.39 Å². The quantitative estimate of drug-likeness (QED) is 0.774. The molecule has 0 heterocycles. The molecule has 0 atom stereocenters. The fraction of sp³-hybridized carbons (Fsp3) is 0.455. The number of hydrogen-bond donors (Lipinski definition) is 2. The van der Waals surface area contributed by atoms with Gasteiger partial charge in [0.15, 0.2) is 11.6 Å². The summed E-state index contributed by atoms with van der Waals surface area (Å²) in [4.78, 5) is 0. The summed E-state index contributed by atoms with van der Waals surface area (Å²) in [5, 5.41) is 8.98. The minimum atomic E-state index is -0.552. The predicted octanol–water partition coefficient (Wildman–Crippen LogP) is 1.96. The van der Waals surface area contributed by atoms with Gasteiger partial charge in [-0.15, -0.1) is 0 Å². The molecule has 1 saturated carbocycles. The maximum atomic E-state index is 12.9. The first kappa shape index (κ1) is 9.46. The first-order valence-corrected chi connectivity index (χ1v) is 4.85. The third-order valence-corrected chi connectivity index (χ3v) is 2.82. The molecule has 3 heteroatoms. The van der Waals surface area contributed by atoms with E-state index < -0.39 is 5.82 Å². The lowest BCUT2D eigenvalue weighted by atomic mass is 10.0. The SMILES string of the molecule is NC1(CCc2ccc(O)c(F)c2)CC1. The van der Waals surface area contributed by atoms with Crippen molar-refractivity contribution in [3.63, 3.8) is 0 Å². The Balaban J connectivity index is 1.99. The zero-order chi connectivity index (χ0) is 10.2. The van der Waals surface area contributed by atoms with Crippen molar-refractivity contribution >= 4 is 0 Å². The van der Waals surface area contributed by atoms with Gasteiger partial charge < -0.3 is 10.8 Å². The second-order valence-corrected chi connectivity index (χ2v) is 4.15. The molecule has 0 unspecified atom stereocenters. The molecule has 0 bridgehead atoms. The van der Waals surface area contributed by atoms with E-state index in [9.17, 15) is 4.39 Å². The Bertz CT molecular complexity index is 347. The van der Waals surface area contributed by atoms with Crippen molar-refractivity contribution in [2.75, 3.05) is 0 Å². The molecule has 1 aliphatic rings. The van der Waals surface area contributed by atoms with Gasteiger partial charge in [-0.3, -0.25) is 0 Å². The largest absolute Gasteiger partial charge is 0.505 e. The van der Waals surface area contributed by atoms with E-state index >= 15 is 0 Å². The van der Waals surface area contributed by atoms with E-state index in [0.29, 0.717) is 0 Å². The minimum Gasteiger partial charge on any atom is -0.505 e. The van der Waals surface area contributed by atoms with Gasteiger partial charge in [0.2, 0.25) is 0 Å². The van der Waals surface area contributed by atoms with E-state index in [0.717, 1.165) is 31.2 Å². The third-order valence-electron chi connectivity index (χ3n) is 2.82. The highest BCUT2D eigenvalue weighted by Gasteiger charge is 2.37. The Kier molecular flexibility index (Phi) is 2.19. The Morgan fingerprint density at radius 1 is 1.43 bits per heavy atom. The number of benzene rings is 1. The summed E-state index contributed by atoms with van der Waals surface area (Å²) in [5.41, 5.74) is 6.83. The Hall–Kier alpha value is -1.09. The van der Waals surface area contributed by atoms with E-state index in [1.54, 1.807) is 6.07 Å². The number of aryl methyl sites for hydroxylation is 1. The van der Waals surface area contributed by atoms with Crippen LogP contribution in [0.15, 0.2) is 18.2 Å². The molecule has 0 radical (unpaired) electrons. The number of rotatable bonds is 3. The van der Waals surface area contributed by atoms with Crippen LogP contribution in [0.25, 0.3) is 0 Å². The van der Waals surface area contributed by atoms with Gasteiger partial charge in [0, 0.05) is 5.54 Å². The molecule has 76 valence electrons. The molecular weight excluding hydrogens is 181 g/mol. The van der Waals surface area contributed by atoms with Crippen molar-refractivity contribution < 1.29 is 9.50 Å². The summed E-state index contributed by atoms with van der Waals surface area (Å²) in [6.45, 7) is 0. The number of nitrogens with two attached hydrogens (primary N) is 1. The van der Waals surface area contributed by atoms with E-state index in [1.165, 1.54) is 12.1 Å². The number of aromatic hydroxyl groups is 1. The Morgan fingerprint density at radius 3 is 2.71 bits per heavy atom. The second kappa shape index (κ2) is 3.24. The number of hydrogen-bond acceptors (Lipinski definition) is 2. The van der Waals surface area contributed by atoms with Gasteiger partial charge in [0.1, 0.15) is 0 Å². The fourth-order valence-electron chi connectivity index (χ4n) is 1.51. The van der Waals surface area contributed by atoms with Crippen LogP contribution in [0.5, 0.6) is 5.75 Å². The van der Waals surface area contributed by atoms with Crippen LogP contribution in [0.2, 0.25) is 0 Å². The lowest BCUT2D eigenvalue weighted by Gasteiger charge is -2.08. The standard InChI is InChI=1S/C11H14FNO/c12-9-7-8(1-2-10(9)14)3-4-11(13)5-6-11/h1-2,7,14H,3-6,13H2. The second-order valence-electron chi connectivity index (χ2n) is 4.15. The van der Waals surface area contributed by atoms with Crippen molar-refractivity contribution in [3.05, 3.63) is 29.6 Å². The van der Waals surface area contributed by atoms with E-state index in [-0.39, 0.29) is 11.3 Å². The highest BCUT2D eigenvalue weighted by atomic mass is 19.1. The zero-order valence-corrected chi connectivity index (χ0v) is 7.96. The average Bonchev–Trinajstić information content (AvgIpc) is 2.87. The lowest BCUT2D eigenvalue weighted by molar-refractivity contribution is 0.431. The number of phenolic OH excluding ortho intramolecular Hbond substituents is 1. The molecule has 0 saturated heterocycles. The average molecular weight is 195 g/mol. The molecule has 1 fully saturated rings. The summed E-state index contributed by atoms with van der Waals surface area (Å²) >= 11 is 0. The van der Waals surface area contributed by atoms with Crippen LogP contribution < -0.4 is 5.73 Å². The van der Waals surface area contributed by atoms with E-state index in [1.807, 2.05) is 0 Å². The van der Waals surface area contributed by atoms with Gasteiger partial charge in [-0.1, -0.05) is 6.07 Å². The van der Waals surface area contributed by atoms with Crippen molar-refractivity contribution in [2.24, 2.45) is 5.73 Å². The first-order valence-electron chi connectivity index (χ1n) is 4.85. The molecule has 1 aromatic rings. The Labute approximate surface area is 82.5 Å². The highest BCUT2D eigenvalue weighted by Crippen LogP contribution is 2.36. The monoisotopic (exact) mass is 195 g/mol. The van der Waals surface area contributed by atoms with Gasteiger partial charge in [0.05, 0.1) is 0 Å². The molecular formula is C11H14FNO. The van der Waals surface area contributed by atoms with Crippen LogP contribution >= 0.6 is 0 Å². The van der Waals surface area contributed by atoms with Crippen molar-refractivity contribution in [2.45, 2.75) is 31.2 Å². The molecule has 3 N–H and O–H groups in total. The summed E-state index contributed by atoms with van der Waals surface area (Å²) in [6.07, 6.45) is 3.84. The maximum Gasteiger partial charge on any atom is 0.165 e. The molecule has 0 spiro atoms. The summed E-state index contributed by atoms with van der Waals surface area (Å²) < 4.78 is 12.9. The number of phenols is 1. The van der Waals surface area contributed by atoms with Crippen molar-refractivity contribution in [3.8, 4) is 5.75 Å². The van der Waals surface area contributed by atoms with Gasteiger partial charge in [-0.25, -0.2) is 4.39 Å². The normalized spacial score (nSPS) is 18.1. The number of halogens is 1. The highest BCUT2D eigenvalue weighted by molar-refractivity contribution is 5.28. The fourth-order valence-corrected chi connectivity index (χ4v) is 1.51. The topological polar surface area (TPSA) is 46.2 Å². The summed E-state index contributed by atoms with van der Waals surface area (Å²) in [6, 6.07) is 4.51. The summed E-state index contributed by atoms with van der Waals surface area (Å²) in [5.74, 6) is -0.841. The first-order chi connectivity index (χ1) is 6.59.